The van der Waals surface area contributed by atoms with Crippen LogP contribution in [0.3, 0.4) is 0 Å². The Kier molecular flexibility index (Phi) is 4.14. The summed E-state index contributed by atoms with van der Waals surface area (Å²) in [6, 6.07) is 0. The van der Waals surface area contributed by atoms with Gasteiger partial charge in [-0.25, -0.2) is 0 Å². The Morgan fingerprint density at radius 1 is 1.27 bits per heavy atom. The van der Waals surface area contributed by atoms with E-state index in [0.29, 0.717) is 0 Å². The maximum absolute atomic E-state index is 11.7. The van der Waals surface area contributed by atoms with E-state index in [1.54, 1.807) is 0 Å². The minimum Gasteiger partial charge on any atom is -0.383 e. The number of amides is 1. The van der Waals surface area contributed by atoms with Crippen LogP contribution in [0.5, 0.6) is 0 Å². The average Bonchev–Trinajstić information content (AvgIpc) is 2.15. The SMILES string of the molecule is CC(C)(C)NC(=O)C(O)C1CCCCC1. The molecule has 1 aliphatic carbocycles. The summed E-state index contributed by atoms with van der Waals surface area (Å²) in [7, 11) is 0. The van der Waals surface area contributed by atoms with Crippen molar-refractivity contribution in [3.05, 3.63) is 0 Å². The molecule has 1 aliphatic rings. The van der Waals surface area contributed by atoms with E-state index in [2.05, 4.69) is 5.32 Å². The average molecular weight is 213 g/mol. The fourth-order valence-electron chi connectivity index (χ4n) is 2.11. The van der Waals surface area contributed by atoms with Crippen molar-refractivity contribution in [1.29, 1.82) is 0 Å². The summed E-state index contributed by atoms with van der Waals surface area (Å²) < 4.78 is 0. The Hall–Kier alpha value is -0.570. The molecule has 0 heterocycles. The highest BCUT2D eigenvalue weighted by molar-refractivity contribution is 5.81. The molecule has 0 bridgehead atoms. The standard InChI is InChI=1S/C12H23NO2/c1-12(2,3)13-11(15)10(14)9-7-5-4-6-8-9/h9-10,14H,4-8H2,1-3H3,(H,13,15). The molecule has 1 atom stereocenters. The third-order valence-corrected chi connectivity index (χ3v) is 2.86. The minimum atomic E-state index is -0.815. The van der Waals surface area contributed by atoms with Gasteiger partial charge in [-0.2, -0.15) is 0 Å². The highest BCUT2D eigenvalue weighted by Gasteiger charge is 2.29. The van der Waals surface area contributed by atoms with Gasteiger partial charge in [-0.1, -0.05) is 19.3 Å². The Labute approximate surface area is 92.3 Å². The number of aliphatic hydroxyl groups excluding tert-OH is 1. The maximum atomic E-state index is 11.7. The highest BCUT2D eigenvalue weighted by Crippen LogP contribution is 2.26. The number of hydrogen-bond donors (Lipinski definition) is 2. The lowest BCUT2D eigenvalue weighted by Crippen LogP contribution is -2.48. The quantitative estimate of drug-likeness (QED) is 0.735. The molecule has 2 N–H and O–H groups in total. The topological polar surface area (TPSA) is 49.3 Å². The molecular weight excluding hydrogens is 190 g/mol. The van der Waals surface area contributed by atoms with Crippen LogP contribution in [0.4, 0.5) is 0 Å². The van der Waals surface area contributed by atoms with Gasteiger partial charge in [0, 0.05) is 5.54 Å². The van der Waals surface area contributed by atoms with Gasteiger partial charge in [-0.05, 0) is 39.5 Å². The summed E-state index contributed by atoms with van der Waals surface area (Å²) in [6.45, 7) is 5.79. The van der Waals surface area contributed by atoms with Crippen molar-refractivity contribution in [3.8, 4) is 0 Å². The van der Waals surface area contributed by atoms with Gasteiger partial charge in [-0.15, -0.1) is 0 Å². The molecule has 1 unspecified atom stereocenters. The lowest BCUT2D eigenvalue weighted by atomic mass is 9.85. The summed E-state index contributed by atoms with van der Waals surface area (Å²) in [4.78, 5) is 11.7. The van der Waals surface area contributed by atoms with E-state index in [4.69, 9.17) is 0 Å². The normalized spacial score (nSPS) is 21.1. The molecule has 0 aromatic heterocycles. The number of carbonyl (C=O) groups is 1. The molecule has 1 amide bonds. The van der Waals surface area contributed by atoms with Crippen LogP contribution >= 0.6 is 0 Å². The Balaban J connectivity index is 2.44. The van der Waals surface area contributed by atoms with Crippen LogP contribution < -0.4 is 5.32 Å². The van der Waals surface area contributed by atoms with Gasteiger partial charge in [0.15, 0.2) is 0 Å². The number of hydrogen-bond acceptors (Lipinski definition) is 2. The van der Waals surface area contributed by atoms with E-state index in [1.165, 1.54) is 6.42 Å². The molecule has 0 saturated heterocycles. The Morgan fingerprint density at radius 3 is 2.27 bits per heavy atom. The van der Waals surface area contributed by atoms with Crippen molar-refractivity contribution in [3.63, 3.8) is 0 Å². The maximum Gasteiger partial charge on any atom is 0.249 e. The first-order valence-corrected chi connectivity index (χ1v) is 5.90. The van der Waals surface area contributed by atoms with Gasteiger partial charge >= 0.3 is 0 Å². The van der Waals surface area contributed by atoms with Crippen LogP contribution in [0.2, 0.25) is 0 Å². The highest BCUT2D eigenvalue weighted by atomic mass is 16.3. The van der Waals surface area contributed by atoms with E-state index >= 15 is 0 Å². The van der Waals surface area contributed by atoms with E-state index in [0.717, 1.165) is 25.7 Å². The second-order valence-corrected chi connectivity index (χ2v) is 5.58. The third kappa shape index (κ3) is 4.20. The van der Waals surface area contributed by atoms with E-state index in [9.17, 15) is 9.90 Å². The fraction of sp³-hybridized carbons (Fsp3) is 0.917. The molecule has 0 radical (unpaired) electrons. The fourth-order valence-corrected chi connectivity index (χ4v) is 2.11. The van der Waals surface area contributed by atoms with Gasteiger partial charge in [-0.3, -0.25) is 4.79 Å². The summed E-state index contributed by atoms with van der Waals surface area (Å²) in [6.07, 6.45) is 4.68. The van der Waals surface area contributed by atoms with E-state index in [1.807, 2.05) is 20.8 Å². The molecule has 15 heavy (non-hydrogen) atoms. The summed E-state index contributed by atoms with van der Waals surface area (Å²) in [5, 5.41) is 12.7. The lowest BCUT2D eigenvalue weighted by Gasteiger charge is -2.29. The molecular formula is C12H23NO2. The second kappa shape index (κ2) is 4.97. The predicted molar refractivity (Wildman–Crippen MR) is 60.5 cm³/mol. The number of carbonyl (C=O) groups excluding carboxylic acids is 1. The number of rotatable bonds is 2. The van der Waals surface area contributed by atoms with E-state index < -0.39 is 6.10 Å². The van der Waals surface area contributed by atoms with Crippen LogP contribution in [0, 0.1) is 5.92 Å². The zero-order valence-corrected chi connectivity index (χ0v) is 10.0. The van der Waals surface area contributed by atoms with Crippen LogP contribution in [-0.4, -0.2) is 22.7 Å². The smallest absolute Gasteiger partial charge is 0.249 e. The third-order valence-electron chi connectivity index (χ3n) is 2.86. The number of aliphatic hydroxyl groups is 1. The molecule has 3 nitrogen and oxygen atoms in total. The summed E-state index contributed by atoms with van der Waals surface area (Å²) >= 11 is 0. The van der Waals surface area contributed by atoms with Crippen molar-refractivity contribution in [2.75, 3.05) is 0 Å². The zero-order valence-electron chi connectivity index (χ0n) is 10.0. The Morgan fingerprint density at radius 2 is 1.80 bits per heavy atom. The monoisotopic (exact) mass is 213 g/mol. The van der Waals surface area contributed by atoms with Crippen LogP contribution in [-0.2, 0) is 4.79 Å². The molecule has 1 saturated carbocycles. The van der Waals surface area contributed by atoms with Gasteiger partial charge in [0.25, 0.3) is 0 Å². The van der Waals surface area contributed by atoms with Crippen LogP contribution in [0.15, 0.2) is 0 Å². The van der Waals surface area contributed by atoms with E-state index in [-0.39, 0.29) is 17.4 Å². The summed E-state index contributed by atoms with van der Waals surface area (Å²) in [5.74, 6) is -0.0458. The lowest BCUT2D eigenvalue weighted by molar-refractivity contribution is -0.134. The van der Waals surface area contributed by atoms with Crippen LogP contribution in [0.25, 0.3) is 0 Å². The van der Waals surface area contributed by atoms with Gasteiger partial charge in [0.2, 0.25) is 5.91 Å². The molecule has 88 valence electrons. The molecule has 1 fully saturated rings. The first-order valence-electron chi connectivity index (χ1n) is 5.90. The van der Waals surface area contributed by atoms with Crippen molar-refractivity contribution in [1.82, 2.24) is 5.32 Å². The van der Waals surface area contributed by atoms with Crippen molar-refractivity contribution in [2.45, 2.75) is 64.5 Å². The molecule has 0 aliphatic heterocycles. The minimum absolute atomic E-state index is 0.168. The Bertz CT molecular complexity index is 214. The molecule has 3 heteroatoms. The first-order chi connectivity index (χ1) is 6.90. The van der Waals surface area contributed by atoms with Gasteiger partial charge in [0.05, 0.1) is 0 Å². The molecule has 0 aromatic rings. The molecule has 1 rings (SSSR count). The van der Waals surface area contributed by atoms with Crippen molar-refractivity contribution < 1.29 is 9.90 Å². The second-order valence-electron chi connectivity index (χ2n) is 5.58. The predicted octanol–water partition coefficient (Wildman–Crippen LogP) is 1.84. The van der Waals surface area contributed by atoms with Gasteiger partial charge < -0.3 is 10.4 Å². The van der Waals surface area contributed by atoms with Crippen molar-refractivity contribution in [2.24, 2.45) is 5.92 Å². The van der Waals surface area contributed by atoms with Crippen molar-refractivity contribution >= 4 is 5.91 Å². The zero-order chi connectivity index (χ0) is 11.5. The molecule has 0 aromatic carbocycles. The van der Waals surface area contributed by atoms with Crippen LogP contribution in [0.1, 0.15) is 52.9 Å². The van der Waals surface area contributed by atoms with Gasteiger partial charge in [0.1, 0.15) is 6.10 Å². The first kappa shape index (κ1) is 12.5. The largest absolute Gasteiger partial charge is 0.383 e. The number of nitrogens with one attached hydrogen (secondary N) is 1. The summed E-state index contributed by atoms with van der Waals surface area (Å²) in [5.41, 5.74) is -0.257. The molecule has 0 spiro atoms.